The Hall–Kier alpha value is 0.229. The number of aliphatic hydroxyl groups excluding tert-OH is 1. The average molecular weight is 477 g/mol. The standard InChI is InChI=1S/C10H19O3.3C4H9.Sn/c1-7(2)9(11)5-6-13-10(12)8(3)4;3*1-3-4-2;/h6-9,11H,5H2,1-4H3;3*1,3-4H2,2H3;/t9-;;;;/m1..../s1. The number of ether oxygens (including phenoxy) is 1. The SMILES string of the molecule is CCC[CH2][Sn]([CH2]CCC)([CH2]CCC)[C@@H](C[C@@H](O)C(C)C)OC(=O)C(C)C. The van der Waals surface area contributed by atoms with E-state index in [1.807, 2.05) is 13.8 Å². The molecular weight excluding hydrogens is 431 g/mol. The van der Waals surface area contributed by atoms with E-state index in [1.165, 1.54) is 51.8 Å². The molecule has 0 aromatic heterocycles. The van der Waals surface area contributed by atoms with Crippen molar-refractivity contribution in [1.82, 2.24) is 0 Å². The van der Waals surface area contributed by atoms with Crippen LogP contribution in [0.1, 0.15) is 93.4 Å². The molecule has 156 valence electrons. The summed E-state index contributed by atoms with van der Waals surface area (Å²) in [5, 5.41) is 10.6. The van der Waals surface area contributed by atoms with Crippen molar-refractivity contribution in [2.75, 3.05) is 0 Å². The predicted octanol–water partition coefficient (Wildman–Crippen LogP) is 6.35. The van der Waals surface area contributed by atoms with E-state index in [9.17, 15) is 9.90 Å². The summed E-state index contributed by atoms with van der Waals surface area (Å²) in [6, 6.07) is 0. The number of carbonyl (C=O) groups is 1. The topological polar surface area (TPSA) is 46.5 Å². The van der Waals surface area contributed by atoms with Crippen molar-refractivity contribution < 1.29 is 14.6 Å². The number of carbonyl (C=O) groups excluding carboxylic acids is 1. The predicted molar refractivity (Wildman–Crippen MR) is 115 cm³/mol. The van der Waals surface area contributed by atoms with E-state index in [4.69, 9.17) is 4.74 Å². The van der Waals surface area contributed by atoms with Gasteiger partial charge in [-0.25, -0.2) is 0 Å². The van der Waals surface area contributed by atoms with Gasteiger partial charge in [-0.2, -0.15) is 0 Å². The summed E-state index contributed by atoms with van der Waals surface area (Å²) in [6.07, 6.45) is 7.63. The fraction of sp³-hybridized carbons (Fsp3) is 0.955. The van der Waals surface area contributed by atoms with Gasteiger partial charge in [0.05, 0.1) is 0 Å². The van der Waals surface area contributed by atoms with Crippen LogP contribution in [-0.2, 0) is 9.53 Å². The minimum absolute atomic E-state index is 0.0289. The molecule has 3 nitrogen and oxygen atoms in total. The van der Waals surface area contributed by atoms with Crippen LogP contribution in [-0.4, -0.2) is 39.7 Å². The molecule has 26 heavy (non-hydrogen) atoms. The summed E-state index contributed by atoms with van der Waals surface area (Å²) >= 11 is -2.74. The van der Waals surface area contributed by atoms with Crippen molar-refractivity contribution in [3.05, 3.63) is 0 Å². The summed E-state index contributed by atoms with van der Waals surface area (Å²) in [5.74, 6) is 0.0421. The zero-order valence-electron chi connectivity index (χ0n) is 18.6. The summed E-state index contributed by atoms with van der Waals surface area (Å²) in [6.45, 7) is 14.7. The Bertz CT molecular complexity index is 347. The average Bonchev–Trinajstić information content (AvgIpc) is 2.60. The molecule has 0 saturated carbocycles. The molecule has 0 spiro atoms. The number of unbranched alkanes of at least 4 members (excludes halogenated alkanes) is 3. The Labute approximate surface area is 167 Å². The van der Waals surface area contributed by atoms with Crippen LogP contribution in [0.15, 0.2) is 0 Å². The van der Waals surface area contributed by atoms with Crippen LogP contribution >= 0.6 is 0 Å². The van der Waals surface area contributed by atoms with Crippen molar-refractivity contribution in [2.45, 2.75) is 117 Å². The van der Waals surface area contributed by atoms with Gasteiger partial charge < -0.3 is 0 Å². The zero-order valence-corrected chi connectivity index (χ0v) is 21.5. The van der Waals surface area contributed by atoms with Crippen LogP contribution in [0.4, 0.5) is 0 Å². The van der Waals surface area contributed by atoms with Gasteiger partial charge >= 0.3 is 168 Å². The first-order valence-electron chi connectivity index (χ1n) is 11.1. The van der Waals surface area contributed by atoms with Gasteiger partial charge in [-0.1, -0.05) is 0 Å². The van der Waals surface area contributed by atoms with Gasteiger partial charge in [-0.05, 0) is 0 Å². The molecule has 0 aliphatic carbocycles. The van der Waals surface area contributed by atoms with Crippen molar-refractivity contribution >= 4 is 24.3 Å². The summed E-state index contributed by atoms with van der Waals surface area (Å²) in [4.78, 5) is 12.5. The molecule has 0 radical (unpaired) electrons. The van der Waals surface area contributed by atoms with Crippen molar-refractivity contribution in [2.24, 2.45) is 11.8 Å². The second kappa shape index (κ2) is 14.3. The Morgan fingerprint density at radius 3 is 1.62 bits per heavy atom. The number of hydrogen-bond donors (Lipinski definition) is 1. The second-order valence-corrected chi connectivity index (χ2v) is 22.7. The van der Waals surface area contributed by atoms with Crippen LogP contribution in [0.3, 0.4) is 0 Å². The maximum atomic E-state index is 12.5. The Morgan fingerprint density at radius 1 is 0.885 bits per heavy atom. The molecule has 0 heterocycles. The molecule has 0 aliphatic rings. The van der Waals surface area contributed by atoms with Crippen molar-refractivity contribution in [3.8, 4) is 0 Å². The number of esters is 1. The van der Waals surface area contributed by atoms with Gasteiger partial charge in [0.2, 0.25) is 0 Å². The normalized spacial score (nSPS) is 14.7. The van der Waals surface area contributed by atoms with Crippen molar-refractivity contribution in [3.63, 3.8) is 0 Å². The Kier molecular flexibility index (Phi) is 14.4. The van der Waals surface area contributed by atoms with Crippen LogP contribution < -0.4 is 0 Å². The molecule has 0 amide bonds. The molecule has 0 bridgehead atoms. The molecule has 0 aromatic rings. The molecule has 0 fully saturated rings. The molecule has 1 N–H and O–H groups in total. The molecule has 4 heteroatoms. The van der Waals surface area contributed by atoms with Crippen molar-refractivity contribution in [1.29, 1.82) is 0 Å². The third kappa shape index (κ3) is 9.43. The first-order valence-corrected chi connectivity index (χ1v) is 18.8. The van der Waals surface area contributed by atoms with Crippen LogP contribution in [0.2, 0.25) is 13.3 Å². The molecule has 2 atom stereocenters. The van der Waals surface area contributed by atoms with Gasteiger partial charge in [0.15, 0.2) is 0 Å². The fourth-order valence-electron chi connectivity index (χ4n) is 3.64. The molecule has 0 aromatic carbocycles. The Morgan fingerprint density at radius 2 is 1.31 bits per heavy atom. The van der Waals surface area contributed by atoms with Gasteiger partial charge in [-0.15, -0.1) is 0 Å². The van der Waals surface area contributed by atoms with E-state index in [0.29, 0.717) is 6.42 Å². The fourth-order valence-corrected chi connectivity index (χ4v) is 20.8. The molecule has 0 aliphatic heterocycles. The van der Waals surface area contributed by atoms with Crippen LogP contribution in [0.25, 0.3) is 0 Å². The van der Waals surface area contributed by atoms with E-state index in [-0.39, 0.29) is 28.0 Å². The third-order valence-corrected chi connectivity index (χ3v) is 22.2. The van der Waals surface area contributed by atoms with Crippen LogP contribution in [0.5, 0.6) is 0 Å². The number of hydrogen-bond acceptors (Lipinski definition) is 3. The third-order valence-electron chi connectivity index (χ3n) is 5.72. The first kappa shape index (κ1) is 26.2. The van der Waals surface area contributed by atoms with Gasteiger partial charge in [0, 0.05) is 0 Å². The van der Waals surface area contributed by atoms with Gasteiger partial charge in [-0.3, -0.25) is 0 Å². The molecular formula is C22H46O3Sn. The maximum absolute atomic E-state index is 12.5. The molecule has 0 unspecified atom stereocenters. The van der Waals surface area contributed by atoms with E-state index < -0.39 is 18.4 Å². The van der Waals surface area contributed by atoms with E-state index in [2.05, 4.69) is 34.6 Å². The molecule has 0 rings (SSSR count). The van der Waals surface area contributed by atoms with E-state index in [1.54, 1.807) is 0 Å². The quantitative estimate of drug-likeness (QED) is 0.221. The zero-order chi connectivity index (χ0) is 20.2. The minimum atomic E-state index is -2.74. The summed E-state index contributed by atoms with van der Waals surface area (Å²) in [5.41, 5.74) is 0. The monoisotopic (exact) mass is 478 g/mol. The number of aliphatic hydroxyl groups is 1. The summed E-state index contributed by atoms with van der Waals surface area (Å²) in [7, 11) is 0. The summed E-state index contributed by atoms with van der Waals surface area (Å²) < 4.78 is 10.1. The number of rotatable bonds is 15. The van der Waals surface area contributed by atoms with Gasteiger partial charge in [0.1, 0.15) is 0 Å². The Balaban J connectivity index is 5.74. The first-order chi connectivity index (χ1) is 12.2. The van der Waals surface area contributed by atoms with E-state index in [0.717, 1.165) is 0 Å². The molecule has 0 saturated heterocycles. The van der Waals surface area contributed by atoms with Gasteiger partial charge in [0.25, 0.3) is 0 Å². The van der Waals surface area contributed by atoms with Crippen LogP contribution in [0, 0.1) is 11.8 Å². The second-order valence-electron chi connectivity index (χ2n) is 8.80. The van der Waals surface area contributed by atoms with E-state index >= 15 is 0 Å².